The minimum absolute atomic E-state index is 0.00544. The van der Waals surface area contributed by atoms with E-state index in [1.807, 2.05) is 13.8 Å². The zero-order valence-electron chi connectivity index (χ0n) is 21.0. The van der Waals surface area contributed by atoms with Crippen LogP contribution in [0.4, 0.5) is 5.82 Å². The number of nitrogens with two attached hydrogens (primary N) is 1. The molecule has 2 unspecified atom stereocenters. The quantitative estimate of drug-likeness (QED) is 0.197. The van der Waals surface area contributed by atoms with Crippen LogP contribution in [0.25, 0.3) is 6.20 Å². The molecule has 36 heavy (non-hydrogen) atoms. The monoisotopic (exact) mass is 534 g/mol. The van der Waals surface area contributed by atoms with Gasteiger partial charge in [-0.2, -0.15) is 4.98 Å². The van der Waals surface area contributed by atoms with Crippen molar-refractivity contribution in [3.05, 3.63) is 28.8 Å². The summed E-state index contributed by atoms with van der Waals surface area (Å²) in [6.45, 7) is 4.20. The molecule has 0 aliphatic carbocycles. The van der Waals surface area contributed by atoms with Crippen LogP contribution < -0.4 is 16.5 Å². The maximum Gasteiger partial charge on any atom is 0.406 e. The van der Waals surface area contributed by atoms with Gasteiger partial charge < -0.3 is 25.1 Å². The average molecular weight is 535 g/mol. The van der Waals surface area contributed by atoms with E-state index in [1.165, 1.54) is 31.6 Å². The van der Waals surface area contributed by atoms with E-state index in [2.05, 4.69) is 14.8 Å². The number of anilines is 1. The Morgan fingerprint density at radius 3 is 2.56 bits per heavy atom. The van der Waals surface area contributed by atoms with Gasteiger partial charge in [0, 0.05) is 19.5 Å². The fourth-order valence-electron chi connectivity index (χ4n) is 2.74. The molecule has 15 heteroatoms. The number of ether oxygens (including phenoxy) is 3. The zero-order chi connectivity index (χ0) is 27.3. The molecule has 0 bridgehead atoms. The molecule has 0 aliphatic rings. The number of aromatic nitrogens is 2. The maximum atomic E-state index is 13.4. The third-order valence-corrected chi connectivity index (χ3v) is 6.15. The second-order valence-corrected chi connectivity index (χ2v) is 9.62. The molecule has 4 N–H and O–H groups in total. The lowest BCUT2D eigenvalue weighted by atomic mass is 10.1. The number of nitrogen functional groups attached to an aromatic ring is 1. The number of hydrogen-bond donors (Lipinski definition) is 3. The summed E-state index contributed by atoms with van der Waals surface area (Å²) >= 11 is 0. The van der Waals surface area contributed by atoms with E-state index in [-0.39, 0.29) is 24.8 Å². The lowest BCUT2D eigenvalue weighted by Crippen LogP contribution is -2.39. The van der Waals surface area contributed by atoms with E-state index < -0.39 is 56.8 Å². The van der Waals surface area contributed by atoms with Gasteiger partial charge in [0.2, 0.25) is 0 Å². The van der Waals surface area contributed by atoms with Crippen LogP contribution in [0.1, 0.15) is 27.2 Å². The van der Waals surface area contributed by atoms with E-state index in [0.717, 1.165) is 11.7 Å². The molecule has 1 aromatic heterocycles. The van der Waals surface area contributed by atoms with Gasteiger partial charge in [-0.1, -0.05) is 13.8 Å². The maximum absolute atomic E-state index is 13.4. The van der Waals surface area contributed by atoms with Crippen LogP contribution in [0.5, 0.6) is 0 Å². The first-order valence-electron chi connectivity index (χ1n) is 11.1. The molecule has 4 atom stereocenters. The third kappa shape index (κ3) is 11.0. The molecule has 0 fully saturated rings. The highest BCUT2D eigenvalue weighted by Crippen LogP contribution is 2.45. The van der Waals surface area contributed by atoms with Crippen molar-refractivity contribution < 1.29 is 42.5 Å². The molecule has 1 aromatic rings. The van der Waals surface area contributed by atoms with Gasteiger partial charge in [0.25, 0.3) is 0 Å². The van der Waals surface area contributed by atoms with Crippen molar-refractivity contribution in [2.45, 2.75) is 45.4 Å². The molecule has 0 aliphatic heterocycles. The molecular weight excluding hydrogens is 499 g/mol. The number of carbonyl (C=O) groups is 2. The van der Waals surface area contributed by atoms with Gasteiger partial charge in [-0.3, -0.25) is 18.4 Å². The summed E-state index contributed by atoms with van der Waals surface area (Å²) in [7, 11) is -1.92. The van der Waals surface area contributed by atoms with Crippen molar-refractivity contribution in [1.29, 1.82) is 0 Å². The predicted octanol–water partition coefficient (Wildman–Crippen LogP) is 0.554. The molecule has 14 nitrogen and oxygen atoms in total. The summed E-state index contributed by atoms with van der Waals surface area (Å²) in [4.78, 5) is 39.4. The molecule has 0 amide bonds. The Hall–Kier alpha value is -2.61. The second kappa shape index (κ2) is 15.5. The number of carbonyl (C=O) groups excluding carboxylic acids is 2. The SMILES string of the molecule is CCOC(=O)[C@H](CC(C)C)NP(=O)(OCC(=O)OC)OCC(OC)[C@H](O)/C=C/n1ccc(N)nc1=O. The highest BCUT2D eigenvalue weighted by Gasteiger charge is 2.35. The normalized spacial score (nSPS) is 15.9. The van der Waals surface area contributed by atoms with Crippen molar-refractivity contribution in [1.82, 2.24) is 14.6 Å². The number of esters is 2. The highest BCUT2D eigenvalue weighted by atomic mass is 31.2. The summed E-state index contributed by atoms with van der Waals surface area (Å²) in [6, 6.07) is 0.330. The summed E-state index contributed by atoms with van der Waals surface area (Å²) in [5, 5.41) is 13.0. The van der Waals surface area contributed by atoms with Gasteiger partial charge >= 0.3 is 25.4 Å². The average Bonchev–Trinajstić information content (AvgIpc) is 2.81. The summed E-state index contributed by atoms with van der Waals surface area (Å²) in [5.41, 5.74) is 4.78. The first kappa shape index (κ1) is 31.4. The van der Waals surface area contributed by atoms with E-state index in [1.54, 1.807) is 6.92 Å². The van der Waals surface area contributed by atoms with Gasteiger partial charge in [0.05, 0.1) is 20.3 Å². The molecule has 0 saturated carbocycles. The molecule has 1 heterocycles. The first-order chi connectivity index (χ1) is 16.9. The number of hydrogen-bond acceptors (Lipinski definition) is 12. The number of aliphatic hydroxyl groups excluding tert-OH is 1. The Morgan fingerprint density at radius 1 is 1.31 bits per heavy atom. The number of rotatable bonds is 16. The lowest BCUT2D eigenvalue weighted by Gasteiger charge is -2.27. The number of methoxy groups -OCH3 is 2. The number of aliphatic hydroxyl groups is 1. The Bertz CT molecular complexity index is 984. The molecular formula is C21H35N4O10P. The van der Waals surface area contributed by atoms with Crippen molar-refractivity contribution in [2.75, 3.05) is 39.8 Å². The predicted molar refractivity (Wildman–Crippen MR) is 130 cm³/mol. The largest absolute Gasteiger partial charge is 0.467 e. The minimum atomic E-state index is -4.32. The van der Waals surface area contributed by atoms with Gasteiger partial charge in [-0.15, -0.1) is 0 Å². The first-order valence-corrected chi connectivity index (χ1v) is 12.6. The van der Waals surface area contributed by atoms with E-state index in [9.17, 15) is 24.1 Å². The van der Waals surface area contributed by atoms with E-state index in [4.69, 9.17) is 24.3 Å². The summed E-state index contributed by atoms with van der Waals surface area (Å²) in [5.74, 6) is -1.45. The molecule has 204 valence electrons. The number of nitrogens with zero attached hydrogens (tertiary/aromatic N) is 2. The lowest BCUT2D eigenvalue weighted by molar-refractivity contribution is -0.145. The zero-order valence-corrected chi connectivity index (χ0v) is 21.9. The van der Waals surface area contributed by atoms with Gasteiger partial charge in [-0.05, 0) is 31.4 Å². The Balaban J connectivity index is 3.03. The Morgan fingerprint density at radius 2 is 2.00 bits per heavy atom. The molecule has 0 spiro atoms. The molecule has 1 rings (SSSR count). The standard InChI is InChI=1S/C21H35N4O10P/c1-6-33-20(28)15(11-14(2)3)24-36(30,35-13-19(27)32-5)34-12-17(31-4)16(26)7-9-25-10-8-18(22)23-21(25)29/h7-10,14-17,26H,6,11-13H2,1-5H3,(H,24,30)(H2,22,23,29)/b9-7+/t15-,16+,17?,36?/m0/s1. The topological polar surface area (TPSA) is 191 Å². The van der Waals surface area contributed by atoms with Gasteiger partial charge in [0.1, 0.15) is 24.1 Å². The van der Waals surface area contributed by atoms with Crippen LogP contribution in [0, 0.1) is 5.92 Å². The summed E-state index contributed by atoms with van der Waals surface area (Å²) < 4.78 is 39.9. The van der Waals surface area contributed by atoms with E-state index in [0.29, 0.717) is 0 Å². The Kier molecular flexibility index (Phi) is 13.5. The Labute approximate surface area is 209 Å². The second-order valence-electron chi connectivity index (χ2n) is 7.85. The van der Waals surface area contributed by atoms with E-state index >= 15 is 0 Å². The minimum Gasteiger partial charge on any atom is -0.467 e. The van der Waals surface area contributed by atoms with Crippen molar-refractivity contribution >= 4 is 31.7 Å². The van der Waals surface area contributed by atoms with Crippen LogP contribution in [0.3, 0.4) is 0 Å². The van der Waals surface area contributed by atoms with Crippen molar-refractivity contribution in [3.63, 3.8) is 0 Å². The fraction of sp³-hybridized carbons (Fsp3) is 0.619. The van der Waals surface area contributed by atoms with Gasteiger partial charge in [-0.25, -0.2) is 19.2 Å². The summed E-state index contributed by atoms with van der Waals surface area (Å²) in [6.07, 6.45) is 1.65. The highest BCUT2D eigenvalue weighted by molar-refractivity contribution is 7.51. The smallest absolute Gasteiger partial charge is 0.406 e. The fourth-order valence-corrected chi connectivity index (χ4v) is 4.17. The van der Waals surface area contributed by atoms with Crippen LogP contribution in [-0.2, 0) is 37.4 Å². The third-order valence-electron chi connectivity index (χ3n) is 4.56. The van der Waals surface area contributed by atoms with Crippen LogP contribution in [-0.4, -0.2) is 78.9 Å². The molecule has 0 saturated heterocycles. The molecule has 0 aromatic carbocycles. The molecule has 0 radical (unpaired) electrons. The van der Waals surface area contributed by atoms with Crippen LogP contribution in [0.15, 0.2) is 23.1 Å². The number of nitrogens with one attached hydrogen (secondary N) is 1. The van der Waals surface area contributed by atoms with Crippen molar-refractivity contribution in [2.24, 2.45) is 5.92 Å². The van der Waals surface area contributed by atoms with Crippen LogP contribution in [0.2, 0.25) is 0 Å². The van der Waals surface area contributed by atoms with Crippen molar-refractivity contribution in [3.8, 4) is 0 Å². The van der Waals surface area contributed by atoms with Crippen LogP contribution >= 0.6 is 7.75 Å². The van der Waals surface area contributed by atoms with Gasteiger partial charge in [0.15, 0.2) is 6.61 Å².